The molecule has 0 N–H and O–H groups in total. The first-order chi connectivity index (χ1) is 2.00. The maximum absolute atomic E-state index is 8.67. The van der Waals surface area contributed by atoms with Gasteiger partial charge in [0.2, 0.25) is 0 Å². The van der Waals surface area contributed by atoms with Gasteiger partial charge in [-0.25, -0.2) is 0 Å². The first kappa shape index (κ1) is 5.29. The molecule has 0 fully saturated rings. The summed E-state index contributed by atoms with van der Waals surface area (Å²) < 4.78 is 34.7. The first-order valence-electron chi connectivity index (χ1n) is 0.943. The molecule has 0 bridgehead atoms. The molecule has 0 aromatic carbocycles. The second-order valence-corrected chi connectivity index (χ2v) is 5.39. The Balaban J connectivity index is 6.05. The van der Waals surface area contributed by atoms with Crippen molar-refractivity contribution in [2.75, 3.05) is 0 Å². The van der Waals surface area contributed by atoms with Gasteiger partial charge in [-0.2, -0.15) is 0 Å². The molecule has 0 atom stereocenters. The molecule has 0 unspecified atom stereocenters. The van der Waals surface area contributed by atoms with Crippen LogP contribution in [0.3, 0.4) is 0 Å². The molecule has 0 radical (unpaired) electrons. The zero-order valence-electron chi connectivity index (χ0n) is 2.21. The van der Waals surface area contributed by atoms with Crippen LogP contribution in [0.1, 0.15) is 0 Å². The van der Waals surface area contributed by atoms with Crippen molar-refractivity contribution < 1.29 is 33.9 Å². The van der Waals surface area contributed by atoms with Crippen LogP contribution in [0.5, 0.6) is 0 Å². The van der Waals surface area contributed by atoms with E-state index in [1.165, 1.54) is 0 Å². The Bertz CT molecular complexity index is 155. The van der Waals surface area contributed by atoms with Crippen LogP contribution in [0.2, 0.25) is 0 Å². The first-order valence-corrected chi connectivity index (χ1v) is 8.79. The van der Waals surface area contributed by atoms with E-state index < -0.39 is 25.6 Å². The van der Waals surface area contributed by atoms with Crippen LogP contribution < -0.4 is 0 Å². The van der Waals surface area contributed by atoms with E-state index in [2.05, 4.69) is 0 Å². The Morgan fingerprint density at radius 1 is 0.800 bits per heavy atom. The molecule has 0 aromatic heterocycles. The molecule has 0 aliphatic rings. The van der Waals surface area contributed by atoms with Crippen LogP contribution in [0.15, 0.2) is 0 Å². The second-order valence-electron chi connectivity index (χ2n) is 0.577. The van der Waals surface area contributed by atoms with Gasteiger partial charge >= 0.3 is 33.9 Å². The molecule has 0 saturated heterocycles. The second kappa shape index (κ2) is 1.17. The maximum atomic E-state index is 8.67. The van der Waals surface area contributed by atoms with E-state index in [0.717, 1.165) is 0 Å². The molecule has 0 heterocycles. The third-order valence-corrected chi connectivity index (χ3v) is 0. The predicted octanol–water partition coefficient (Wildman–Crippen LogP) is -0.475. The van der Waals surface area contributed by atoms with Crippen molar-refractivity contribution in [2.24, 2.45) is 0 Å². The quantitative estimate of drug-likeness (QED) is 0.605. The number of hydrogen-bond donors (Lipinski definition) is 0. The fraction of sp³-hybridized carbons (Fsp3) is 0. The van der Waals surface area contributed by atoms with E-state index in [-0.39, 0.29) is 0 Å². The molecule has 0 spiro atoms. The van der Waals surface area contributed by atoms with Gasteiger partial charge in [0.1, 0.15) is 0 Å². The summed E-state index contributed by atoms with van der Waals surface area (Å²) in [6.07, 6.45) is 0. The molecule has 0 aliphatic heterocycles. The van der Waals surface area contributed by atoms with E-state index in [1.807, 2.05) is 0 Å². The van der Waals surface area contributed by atoms with Crippen LogP contribution in [-0.4, -0.2) is 0 Å². The fourth-order valence-corrected chi connectivity index (χ4v) is 0. The van der Waals surface area contributed by atoms with Crippen molar-refractivity contribution in [3.63, 3.8) is 0 Å². The predicted molar refractivity (Wildman–Crippen MR) is 2.75 cm³/mol. The van der Waals surface area contributed by atoms with Gasteiger partial charge in [0.15, 0.2) is 0 Å². The molecule has 0 aromatic rings. The Morgan fingerprint density at radius 3 is 0.800 bits per heavy atom. The van der Waals surface area contributed by atoms with E-state index in [0.29, 0.717) is 0 Å². The van der Waals surface area contributed by atoms with Gasteiger partial charge in [-0.3, -0.25) is 0 Å². The van der Waals surface area contributed by atoms with Crippen molar-refractivity contribution in [1.29, 1.82) is 0 Å². The third-order valence-electron chi connectivity index (χ3n) is 0. The fourth-order valence-electron chi connectivity index (χ4n) is 0. The van der Waals surface area contributed by atoms with Gasteiger partial charge < -0.3 is 0 Å². The van der Waals surface area contributed by atoms with Gasteiger partial charge in [-0.1, -0.05) is 0 Å². The summed E-state index contributed by atoms with van der Waals surface area (Å²) in [6.45, 7) is 0. The summed E-state index contributed by atoms with van der Waals surface area (Å²) >= 11 is -6.38. The number of rotatable bonds is 0. The van der Waals surface area contributed by atoms with E-state index in [4.69, 9.17) is 8.37 Å². The summed E-state index contributed by atoms with van der Waals surface area (Å²) in [5.74, 6) is 0. The summed E-state index contributed by atoms with van der Waals surface area (Å²) in [5, 5.41) is 0. The summed E-state index contributed by atoms with van der Waals surface area (Å²) in [7, 11) is 0. The molecule has 0 rings (SSSR count). The Labute approximate surface area is 34.0 Å². The van der Waals surface area contributed by atoms with Crippen LogP contribution in [-0.2, 0) is 8.37 Å². The molecule has 4 nitrogen and oxygen atoms in total. The van der Waals surface area contributed by atoms with Crippen molar-refractivity contribution in [2.45, 2.75) is 0 Å². The van der Waals surface area contributed by atoms with Gasteiger partial charge in [-0.15, -0.1) is 0 Å². The minimum absolute atomic E-state index is 6.38. The van der Waals surface area contributed by atoms with Crippen LogP contribution >= 0.6 is 0 Å². The normalized spacial score (nSPS) is 11.2. The van der Waals surface area contributed by atoms with Crippen molar-refractivity contribution in [3.8, 4) is 0 Å². The van der Waals surface area contributed by atoms with Crippen LogP contribution in [0, 0.1) is 25.6 Å². The van der Waals surface area contributed by atoms with E-state index >= 15 is 0 Å². The number of hydrogen-bond acceptors (Lipinski definition) is 4. The monoisotopic (exact) mass is 295 g/mol. The van der Waals surface area contributed by atoms with Gasteiger partial charge in [0, 0.05) is 0 Å². The van der Waals surface area contributed by atoms with E-state index in [1.54, 1.807) is 0 Å². The molecule has 5 heteroatoms. The topological polar surface area (TPSA) is 68.3 Å². The van der Waals surface area contributed by atoms with Gasteiger partial charge in [-0.05, 0) is 0 Å². The van der Waals surface area contributed by atoms with Crippen molar-refractivity contribution >= 4 is 0 Å². The van der Waals surface area contributed by atoms with Gasteiger partial charge in [0.25, 0.3) is 0 Å². The molecule has 0 aliphatic carbocycles. The van der Waals surface area contributed by atoms with Crippen molar-refractivity contribution in [3.05, 3.63) is 0 Å². The molecule has 27 valence electrons. The molecule has 5 heavy (non-hydrogen) atoms. The van der Waals surface area contributed by atoms with Gasteiger partial charge in [0.05, 0.1) is 0 Å². The molecule has 0 amide bonds. The van der Waals surface area contributed by atoms with Crippen LogP contribution in [0.4, 0.5) is 0 Å². The zero-order valence-corrected chi connectivity index (χ0v) is 7.02. The van der Waals surface area contributed by atoms with E-state index in [9.17, 15) is 0 Å². The Hall–Kier alpha value is 0.291. The molecule has 0 saturated carbocycles. The summed E-state index contributed by atoms with van der Waals surface area (Å²) in [5.41, 5.74) is 0. The minimum atomic E-state index is -6.38. The average molecular weight is 295 g/mol. The summed E-state index contributed by atoms with van der Waals surface area (Å²) in [6, 6.07) is 0. The van der Waals surface area contributed by atoms with Crippen LogP contribution in [0.25, 0.3) is 0 Å². The average Bonchev–Trinajstić information content (AvgIpc) is 0.722. The zero-order chi connectivity index (χ0) is 4.50. The SMILES string of the molecule is [O]=[Pa](=[O])(=[O])=[O]. The molecular formula is O4Pa. The summed E-state index contributed by atoms with van der Waals surface area (Å²) in [4.78, 5) is 0. The van der Waals surface area contributed by atoms with Crippen molar-refractivity contribution in [1.82, 2.24) is 0 Å². The third kappa shape index (κ3) is 266. The Kier molecular flexibility index (Phi) is 1.24. The molecular weight excluding hydrogens is 295 g/mol. The standard InChI is InChI=1S/4O.Pa. The Morgan fingerprint density at radius 2 is 0.800 bits per heavy atom.